The predicted octanol–water partition coefficient (Wildman–Crippen LogP) is 2.22. The number of nitrogen functional groups attached to an aromatic ring is 1. The quantitative estimate of drug-likeness (QED) is 0.846. The van der Waals surface area contributed by atoms with Gasteiger partial charge < -0.3 is 5.73 Å². The number of sulfonamides is 1. The molecular weight excluding hydrogens is 293 g/mol. The zero-order chi connectivity index (χ0) is 15.5. The summed E-state index contributed by atoms with van der Waals surface area (Å²) in [5.41, 5.74) is 6.34. The molecule has 21 heavy (non-hydrogen) atoms. The van der Waals surface area contributed by atoms with Gasteiger partial charge in [-0.3, -0.25) is 4.72 Å². The fourth-order valence-electron chi connectivity index (χ4n) is 1.77. The highest BCUT2D eigenvalue weighted by molar-refractivity contribution is 7.91. The lowest BCUT2D eigenvalue weighted by atomic mass is 10.2. The topological polar surface area (TPSA) is 96.0 Å². The Hall–Kier alpha value is -2.59. The van der Waals surface area contributed by atoms with Gasteiger partial charge in [-0.05, 0) is 35.9 Å². The SMILES string of the molecule is N#Cc1cccc(CS(=O)(=O)Nc2cc(N)ccc2F)c1. The second kappa shape index (κ2) is 5.81. The van der Waals surface area contributed by atoms with Gasteiger partial charge in [0.1, 0.15) is 5.82 Å². The van der Waals surface area contributed by atoms with Crippen LogP contribution in [0.25, 0.3) is 0 Å². The Labute approximate surface area is 121 Å². The van der Waals surface area contributed by atoms with Crippen LogP contribution in [0.4, 0.5) is 15.8 Å². The van der Waals surface area contributed by atoms with Gasteiger partial charge in [0.25, 0.3) is 0 Å². The van der Waals surface area contributed by atoms with E-state index < -0.39 is 15.8 Å². The van der Waals surface area contributed by atoms with E-state index in [1.807, 2.05) is 6.07 Å². The molecule has 108 valence electrons. The maximum Gasteiger partial charge on any atom is 0.237 e. The molecule has 0 bridgehead atoms. The Morgan fingerprint density at radius 2 is 2.00 bits per heavy atom. The molecule has 2 rings (SSSR count). The summed E-state index contributed by atoms with van der Waals surface area (Å²) in [4.78, 5) is 0. The number of rotatable bonds is 4. The summed E-state index contributed by atoms with van der Waals surface area (Å²) in [7, 11) is -3.81. The number of nitrogens with one attached hydrogen (secondary N) is 1. The van der Waals surface area contributed by atoms with Crippen LogP contribution in [-0.2, 0) is 15.8 Å². The molecule has 0 saturated heterocycles. The van der Waals surface area contributed by atoms with Crippen molar-refractivity contribution in [2.24, 2.45) is 0 Å². The van der Waals surface area contributed by atoms with Crippen molar-refractivity contribution in [3.05, 3.63) is 59.4 Å². The van der Waals surface area contributed by atoms with Gasteiger partial charge in [0.15, 0.2) is 0 Å². The molecule has 0 atom stereocenters. The van der Waals surface area contributed by atoms with Gasteiger partial charge in [-0.15, -0.1) is 0 Å². The third-order valence-corrected chi connectivity index (χ3v) is 3.91. The standard InChI is InChI=1S/C14H12FN3O2S/c15-13-5-4-12(17)7-14(13)18-21(19,20)9-11-3-1-2-10(6-11)8-16/h1-7,18H,9,17H2. The number of hydrogen-bond donors (Lipinski definition) is 2. The summed E-state index contributed by atoms with van der Waals surface area (Å²) in [6, 6.07) is 11.8. The molecule has 0 radical (unpaired) electrons. The van der Waals surface area contributed by atoms with Crippen LogP contribution in [0.5, 0.6) is 0 Å². The Kier molecular flexibility index (Phi) is 4.10. The van der Waals surface area contributed by atoms with E-state index in [0.29, 0.717) is 11.1 Å². The maximum absolute atomic E-state index is 13.5. The fraction of sp³-hybridized carbons (Fsp3) is 0.0714. The summed E-state index contributed by atoms with van der Waals surface area (Å²) in [6.45, 7) is 0. The molecule has 0 aliphatic carbocycles. The highest BCUT2D eigenvalue weighted by Gasteiger charge is 2.14. The molecule has 0 aromatic heterocycles. The van der Waals surface area contributed by atoms with Gasteiger partial charge in [-0.2, -0.15) is 5.26 Å². The van der Waals surface area contributed by atoms with Crippen LogP contribution in [-0.4, -0.2) is 8.42 Å². The normalized spacial score (nSPS) is 10.9. The monoisotopic (exact) mass is 305 g/mol. The van der Waals surface area contributed by atoms with Crippen LogP contribution in [0.1, 0.15) is 11.1 Å². The van der Waals surface area contributed by atoms with Crippen LogP contribution in [0.15, 0.2) is 42.5 Å². The molecule has 0 fully saturated rings. The average Bonchev–Trinajstić information content (AvgIpc) is 2.42. The van der Waals surface area contributed by atoms with Crippen molar-refractivity contribution in [3.8, 4) is 6.07 Å². The first kappa shape index (κ1) is 14.8. The Balaban J connectivity index is 2.22. The minimum absolute atomic E-state index is 0.202. The number of nitrogens with zero attached hydrogens (tertiary/aromatic N) is 1. The molecule has 2 aromatic carbocycles. The Morgan fingerprint density at radius 1 is 1.24 bits per heavy atom. The van der Waals surface area contributed by atoms with Crippen molar-refractivity contribution in [2.45, 2.75) is 5.75 Å². The number of anilines is 2. The molecule has 0 heterocycles. The van der Waals surface area contributed by atoms with Crippen molar-refractivity contribution in [1.82, 2.24) is 0 Å². The Morgan fingerprint density at radius 3 is 2.71 bits per heavy atom. The average molecular weight is 305 g/mol. The largest absolute Gasteiger partial charge is 0.399 e. The minimum Gasteiger partial charge on any atom is -0.399 e. The highest BCUT2D eigenvalue weighted by atomic mass is 32.2. The van der Waals surface area contributed by atoms with E-state index in [4.69, 9.17) is 11.0 Å². The first-order valence-corrected chi connectivity index (χ1v) is 7.59. The first-order chi connectivity index (χ1) is 9.89. The smallest absolute Gasteiger partial charge is 0.237 e. The molecule has 0 amide bonds. The van der Waals surface area contributed by atoms with E-state index in [0.717, 1.165) is 6.07 Å². The van der Waals surface area contributed by atoms with Gasteiger partial charge >= 0.3 is 0 Å². The first-order valence-electron chi connectivity index (χ1n) is 5.94. The van der Waals surface area contributed by atoms with Crippen molar-refractivity contribution in [1.29, 1.82) is 5.26 Å². The molecule has 2 aromatic rings. The van der Waals surface area contributed by atoms with Crippen LogP contribution < -0.4 is 10.5 Å². The minimum atomic E-state index is -3.81. The van der Waals surface area contributed by atoms with Crippen molar-refractivity contribution in [3.63, 3.8) is 0 Å². The molecule has 0 unspecified atom stereocenters. The number of nitrogens with two attached hydrogens (primary N) is 1. The predicted molar refractivity (Wildman–Crippen MR) is 78.2 cm³/mol. The molecule has 0 saturated carbocycles. The molecule has 0 aliphatic rings. The van der Waals surface area contributed by atoms with Crippen molar-refractivity contribution < 1.29 is 12.8 Å². The van der Waals surface area contributed by atoms with Crippen LogP contribution in [0.3, 0.4) is 0 Å². The summed E-state index contributed by atoms with van der Waals surface area (Å²) >= 11 is 0. The van der Waals surface area contributed by atoms with E-state index in [1.165, 1.54) is 18.2 Å². The zero-order valence-corrected chi connectivity index (χ0v) is 11.7. The fourth-order valence-corrected chi connectivity index (χ4v) is 2.96. The van der Waals surface area contributed by atoms with Gasteiger partial charge in [-0.25, -0.2) is 12.8 Å². The van der Waals surface area contributed by atoms with E-state index in [-0.39, 0.29) is 17.1 Å². The van der Waals surface area contributed by atoms with Gasteiger partial charge in [0, 0.05) is 5.69 Å². The molecule has 3 N–H and O–H groups in total. The Bertz CT molecular complexity index is 813. The lowest BCUT2D eigenvalue weighted by Gasteiger charge is -2.09. The van der Waals surface area contributed by atoms with E-state index in [1.54, 1.807) is 18.2 Å². The molecule has 0 spiro atoms. The summed E-state index contributed by atoms with van der Waals surface area (Å²) in [6.07, 6.45) is 0. The van der Waals surface area contributed by atoms with Gasteiger partial charge in [0.2, 0.25) is 10.0 Å². The maximum atomic E-state index is 13.5. The number of hydrogen-bond acceptors (Lipinski definition) is 4. The third-order valence-electron chi connectivity index (χ3n) is 2.67. The number of benzene rings is 2. The van der Waals surface area contributed by atoms with Gasteiger partial charge in [-0.1, -0.05) is 12.1 Å². The zero-order valence-electron chi connectivity index (χ0n) is 10.9. The van der Waals surface area contributed by atoms with Crippen LogP contribution in [0.2, 0.25) is 0 Å². The number of halogens is 1. The summed E-state index contributed by atoms with van der Waals surface area (Å²) < 4.78 is 39.7. The van der Waals surface area contributed by atoms with E-state index in [9.17, 15) is 12.8 Å². The van der Waals surface area contributed by atoms with Crippen LogP contribution >= 0.6 is 0 Å². The van der Waals surface area contributed by atoms with Crippen molar-refractivity contribution in [2.75, 3.05) is 10.5 Å². The second-order valence-corrected chi connectivity index (χ2v) is 6.13. The van der Waals surface area contributed by atoms with E-state index in [2.05, 4.69) is 4.72 Å². The second-order valence-electron chi connectivity index (χ2n) is 4.41. The van der Waals surface area contributed by atoms with Crippen molar-refractivity contribution >= 4 is 21.4 Å². The van der Waals surface area contributed by atoms with Crippen LogP contribution in [0, 0.1) is 17.1 Å². The summed E-state index contributed by atoms with van der Waals surface area (Å²) in [5, 5.41) is 8.78. The lowest BCUT2D eigenvalue weighted by Crippen LogP contribution is -2.16. The number of nitriles is 1. The molecular formula is C14H12FN3O2S. The summed E-state index contributed by atoms with van der Waals surface area (Å²) in [5.74, 6) is -1.07. The highest BCUT2D eigenvalue weighted by Crippen LogP contribution is 2.20. The molecule has 0 aliphatic heterocycles. The van der Waals surface area contributed by atoms with E-state index >= 15 is 0 Å². The molecule has 7 heteroatoms. The third kappa shape index (κ3) is 3.94. The van der Waals surface area contributed by atoms with Gasteiger partial charge in [0.05, 0.1) is 23.1 Å². The molecule has 5 nitrogen and oxygen atoms in total. The lowest BCUT2D eigenvalue weighted by molar-refractivity contribution is 0.598.